The smallest absolute Gasteiger partial charge is 0.337 e. The number of anilines is 2. The van der Waals surface area contributed by atoms with Crippen molar-refractivity contribution < 1.29 is 19.1 Å². The highest BCUT2D eigenvalue weighted by Gasteiger charge is 2.48. The number of esters is 1. The number of nitrogens with one attached hydrogen (secondary N) is 2. The molecule has 6 heteroatoms. The second-order valence-corrected chi connectivity index (χ2v) is 6.37. The fourth-order valence-corrected chi connectivity index (χ4v) is 2.72. The summed E-state index contributed by atoms with van der Waals surface area (Å²) >= 11 is 0. The highest BCUT2D eigenvalue weighted by Crippen LogP contribution is 2.40. The Hall–Kier alpha value is -3.15. The second-order valence-electron chi connectivity index (χ2n) is 6.37. The summed E-state index contributed by atoms with van der Waals surface area (Å²) in [7, 11) is 1.30. The number of carbonyl (C=O) groups is 3. The zero-order valence-electron chi connectivity index (χ0n) is 14.6. The predicted octanol–water partition coefficient (Wildman–Crippen LogP) is 2.99. The maximum absolute atomic E-state index is 12.3. The average molecular weight is 352 g/mol. The third kappa shape index (κ3) is 4.08. The summed E-state index contributed by atoms with van der Waals surface area (Å²) < 4.78 is 4.66. The lowest BCUT2D eigenvalue weighted by atomic mass is 10.2. The molecule has 2 aromatic carbocycles. The van der Waals surface area contributed by atoms with Gasteiger partial charge in [0.25, 0.3) is 0 Å². The van der Waals surface area contributed by atoms with Crippen molar-refractivity contribution in [1.82, 2.24) is 0 Å². The third-order valence-electron chi connectivity index (χ3n) is 4.33. The van der Waals surface area contributed by atoms with Crippen molar-refractivity contribution in [3.8, 4) is 0 Å². The van der Waals surface area contributed by atoms with Gasteiger partial charge in [0.15, 0.2) is 0 Å². The summed E-state index contributed by atoms with van der Waals surface area (Å²) in [5.74, 6) is -1.54. The molecule has 134 valence electrons. The first kappa shape index (κ1) is 17.7. The topological polar surface area (TPSA) is 84.5 Å². The number of hydrogen-bond donors (Lipinski definition) is 2. The molecular formula is C20H20N2O4. The molecule has 0 radical (unpaired) electrons. The Bertz CT molecular complexity index is 845. The molecule has 0 spiro atoms. The summed E-state index contributed by atoms with van der Waals surface area (Å²) in [5.41, 5.74) is 2.69. The van der Waals surface area contributed by atoms with Crippen LogP contribution in [0, 0.1) is 18.8 Å². The Morgan fingerprint density at radius 2 is 1.54 bits per heavy atom. The van der Waals surface area contributed by atoms with E-state index >= 15 is 0 Å². The van der Waals surface area contributed by atoms with E-state index in [0.717, 1.165) is 11.3 Å². The first-order chi connectivity index (χ1) is 12.5. The van der Waals surface area contributed by atoms with E-state index in [0.29, 0.717) is 17.7 Å². The number of methoxy groups -OCH3 is 1. The molecule has 6 nitrogen and oxygen atoms in total. The molecule has 2 aromatic rings. The van der Waals surface area contributed by atoms with Gasteiger partial charge in [-0.1, -0.05) is 23.8 Å². The van der Waals surface area contributed by atoms with Gasteiger partial charge in [-0.15, -0.1) is 0 Å². The number of amides is 2. The van der Waals surface area contributed by atoms with Gasteiger partial charge in [0.2, 0.25) is 11.8 Å². The van der Waals surface area contributed by atoms with Gasteiger partial charge in [0.05, 0.1) is 24.5 Å². The van der Waals surface area contributed by atoms with E-state index in [1.54, 1.807) is 24.3 Å². The molecule has 2 unspecified atom stereocenters. The Kier molecular flexibility index (Phi) is 5.02. The van der Waals surface area contributed by atoms with Gasteiger partial charge in [-0.2, -0.15) is 0 Å². The minimum atomic E-state index is -0.470. The van der Waals surface area contributed by atoms with Crippen molar-refractivity contribution in [2.75, 3.05) is 17.7 Å². The van der Waals surface area contributed by atoms with Crippen LogP contribution >= 0.6 is 0 Å². The highest BCUT2D eigenvalue weighted by atomic mass is 16.5. The predicted molar refractivity (Wildman–Crippen MR) is 97.8 cm³/mol. The quantitative estimate of drug-likeness (QED) is 0.810. The molecule has 0 saturated heterocycles. The number of ether oxygens (including phenoxy) is 1. The summed E-state index contributed by atoms with van der Waals surface area (Å²) in [6.07, 6.45) is 0.514. The van der Waals surface area contributed by atoms with Crippen molar-refractivity contribution in [3.63, 3.8) is 0 Å². The van der Waals surface area contributed by atoms with Gasteiger partial charge in [-0.25, -0.2) is 4.79 Å². The Balaban J connectivity index is 1.56. The van der Waals surface area contributed by atoms with Gasteiger partial charge in [-0.3, -0.25) is 9.59 Å². The normalized spacial score (nSPS) is 17.9. The molecule has 0 aliphatic heterocycles. The van der Waals surface area contributed by atoms with Crippen LogP contribution in [0.4, 0.5) is 11.4 Å². The Morgan fingerprint density at radius 3 is 2.15 bits per heavy atom. The zero-order valence-corrected chi connectivity index (χ0v) is 14.6. The van der Waals surface area contributed by atoms with Crippen LogP contribution in [0.3, 0.4) is 0 Å². The lowest BCUT2D eigenvalue weighted by Gasteiger charge is -2.07. The Labute approximate surface area is 151 Å². The van der Waals surface area contributed by atoms with Crippen LogP contribution in [0.2, 0.25) is 0 Å². The highest BCUT2D eigenvalue weighted by molar-refractivity contribution is 6.03. The Morgan fingerprint density at radius 1 is 0.923 bits per heavy atom. The number of rotatable bonds is 5. The standard InChI is InChI=1S/C20H20N2O4/c1-12-6-8-14(9-7-12)21-18(23)16-11-17(16)19(24)22-15-5-3-4-13(10-15)20(25)26-2/h3-10,16-17H,11H2,1-2H3,(H,21,23)(H,22,24). The molecule has 1 fully saturated rings. The second kappa shape index (κ2) is 7.39. The SMILES string of the molecule is COC(=O)c1cccc(NC(=O)C2CC2C(=O)Nc2ccc(C)cc2)c1. The third-order valence-corrected chi connectivity index (χ3v) is 4.33. The largest absolute Gasteiger partial charge is 0.465 e. The zero-order chi connectivity index (χ0) is 18.7. The van der Waals surface area contributed by atoms with Crippen LogP contribution in [0.1, 0.15) is 22.3 Å². The minimum Gasteiger partial charge on any atom is -0.465 e. The summed E-state index contributed by atoms with van der Waals surface area (Å²) in [6, 6.07) is 14.0. The van der Waals surface area contributed by atoms with E-state index in [9.17, 15) is 14.4 Å². The van der Waals surface area contributed by atoms with Crippen LogP contribution < -0.4 is 10.6 Å². The molecule has 1 saturated carbocycles. The molecule has 0 aromatic heterocycles. The van der Waals surface area contributed by atoms with Crippen LogP contribution in [-0.4, -0.2) is 24.9 Å². The fourth-order valence-electron chi connectivity index (χ4n) is 2.72. The monoisotopic (exact) mass is 352 g/mol. The lowest BCUT2D eigenvalue weighted by Crippen LogP contribution is -2.20. The van der Waals surface area contributed by atoms with Crippen molar-refractivity contribution in [2.24, 2.45) is 11.8 Å². The molecule has 2 N–H and O–H groups in total. The van der Waals surface area contributed by atoms with Gasteiger partial charge >= 0.3 is 5.97 Å². The summed E-state index contributed by atoms with van der Waals surface area (Å²) in [4.78, 5) is 36.1. The molecule has 1 aliphatic carbocycles. The van der Waals surface area contributed by atoms with E-state index in [2.05, 4.69) is 15.4 Å². The van der Waals surface area contributed by atoms with Crippen molar-refractivity contribution in [3.05, 3.63) is 59.7 Å². The molecule has 2 amide bonds. The van der Waals surface area contributed by atoms with E-state index in [1.165, 1.54) is 7.11 Å². The summed E-state index contributed by atoms with van der Waals surface area (Å²) in [6.45, 7) is 1.97. The molecule has 3 rings (SSSR count). The first-order valence-corrected chi connectivity index (χ1v) is 8.34. The summed E-state index contributed by atoms with van der Waals surface area (Å²) in [5, 5.41) is 5.58. The van der Waals surface area contributed by atoms with Crippen LogP contribution in [0.25, 0.3) is 0 Å². The van der Waals surface area contributed by atoms with E-state index in [-0.39, 0.29) is 23.7 Å². The lowest BCUT2D eigenvalue weighted by molar-refractivity contribution is -0.122. The molecule has 2 atom stereocenters. The number of carbonyl (C=O) groups excluding carboxylic acids is 3. The van der Waals surface area contributed by atoms with Gasteiger partial charge in [0, 0.05) is 11.4 Å². The van der Waals surface area contributed by atoms with Gasteiger partial charge in [0.1, 0.15) is 0 Å². The van der Waals surface area contributed by atoms with Gasteiger partial charge in [-0.05, 0) is 43.7 Å². The molecular weight excluding hydrogens is 332 g/mol. The van der Waals surface area contributed by atoms with E-state index < -0.39 is 5.97 Å². The number of hydrogen-bond acceptors (Lipinski definition) is 4. The van der Waals surface area contributed by atoms with Crippen LogP contribution in [-0.2, 0) is 14.3 Å². The number of aryl methyl sites for hydroxylation is 1. The maximum atomic E-state index is 12.3. The molecule has 0 bridgehead atoms. The van der Waals surface area contributed by atoms with Gasteiger partial charge < -0.3 is 15.4 Å². The van der Waals surface area contributed by atoms with Crippen molar-refractivity contribution >= 4 is 29.2 Å². The van der Waals surface area contributed by atoms with Crippen LogP contribution in [0.5, 0.6) is 0 Å². The molecule has 1 aliphatic rings. The first-order valence-electron chi connectivity index (χ1n) is 8.34. The van der Waals surface area contributed by atoms with Crippen molar-refractivity contribution in [2.45, 2.75) is 13.3 Å². The average Bonchev–Trinajstić information content (AvgIpc) is 3.44. The molecule has 0 heterocycles. The molecule has 26 heavy (non-hydrogen) atoms. The van der Waals surface area contributed by atoms with Crippen LogP contribution in [0.15, 0.2) is 48.5 Å². The fraction of sp³-hybridized carbons (Fsp3) is 0.250. The number of benzene rings is 2. The maximum Gasteiger partial charge on any atom is 0.337 e. The minimum absolute atomic E-state index is 0.155. The van der Waals surface area contributed by atoms with E-state index in [1.807, 2.05) is 31.2 Å². The van der Waals surface area contributed by atoms with Crippen molar-refractivity contribution in [1.29, 1.82) is 0 Å². The van der Waals surface area contributed by atoms with E-state index in [4.69, 9.17) is 0 Å².